The Hall–Kier alpha value is -2.01. The molecule has 0 aliphatic heterocycles. The number of methoxy groups -OCH3 is 2. The molecular weight excluding hydrogens is 242 g/mol. The monoisotopic (exact) mass is 261 g/mol. The number of hydrogen-bond donors (Lipinski definition) is 1. The molecule has 1 unspecified atom stereocenters. The first-order valence-corrected chi connectivity index (χ1v) is 6.18. The van der Waals surface area contributed by atoms with Crippen LogP contribution in [0.3, 0.4) is 0 Å². The van der Waals surface area contributed by atoms with Crippen molar-refractivity contribution in [2.24, 2.45) is 0 Å². The number of aromatic nitrogens is 2. The van der Waals surface area contributed by atoms with Gasteiger partial charge in [0.05, 0.1) is 19.4 Å². The van der Waals surface area contributed by atoms with Gasteiger partial charge in [0.25, 0.3) is 0 Å². The van der Waals surface area contributed by atoms with Crippen LogP contribution >= 0.6 is 0 Å². The summed E-state index contributed by atoms with van der Waals surface area (Å²) in [5.74, 6) is 1.61. The van der Waals surface area contributed by atoms with E-state index >= 15 is 0 Å². The highest BCUT2D eigenvalue weighted by molar-refractivity contribution is 5.45. The highest BCUT2D eigenvalue weighted by atomic mass is 16.5. The zero-order valence-corrected chi connectivity index (χ0v) is 11.5. The summed E-state index contributed by atoms with van der Waals surface area (Å²) in [4.78, 5) is 4.33. The number of nitrogens with one attached hydrogen (secondary N) is 1. The van der Waals surface area contributed by atoms with Gasteiger partial charge in [0, 0.05) is 31.6 Å². The van der Waals surface area contributed by atoms with Gasteiger partial charge in [-0.1, -0.05) is 6.07 Å². The van der Waals surface area contributed by atoms with Gasteiger partial charge in [-0.05, 0) is 19.1 Å². The molecule has 2 rings (SSSR count). The van der Waals surface area contributed by atoms with Crippen LogP contribution in [0.4, 0.5) is 5.95 Å². The van der Waals surface area contributed by atoms with E-state index in [2.05, 4.69) is 10.3 Å². The molecule has 2 aromatic rings. The van der Waals surface area contributed by atoms with Crippen LogP contribution in [-0.2, 0) is 4.74 Å². The summed E-state index contributed by atoms with van der Waals surface area (Å²) in [7, 11) is 3.35. The second-order valence-electron chi connectivity index (χ2n) is 4.32. The first-order valence-electron chi connectivity index (χ1n) is 6.18. The SMILES string of the molecule is COCC(C)Nc1nccn1-c1cccc(OC)c1. The predicted octanol–water partition coefficient (Wildman–Crippen LogP) is 2.33. The summed E-state index contributed by atoms with van der Waals surface area (Å²) < 4.78 is 12.3. The molecule has 1 N–H and O–H groups in total. The molecule has 0 saturated heterocycles. The van der Waals surface area contributed by atoms with E-state index in [1.165, 1.54) is 0 Å². The van der Waals surface area contributed by atoms with Crippen molar-refractivity contribution in [1.29, 1.82) is 0 Å². The average Bonchev–Trinajstić information content (AvgIpc) is 2.87. The molecule has 0 aliphatic carbocycles. The fourth-order valence-corrected chi connectivity index (χ4v) is 1.89. The van der Waals surface area contributed by atoms with E-state index in [-0.39, 0.29) is 6.04 Å². The van der Waals surface area contributed by atoms with Crippen molar-refractivity contribution in [3.8, 4) is 11.4 Å². The fourth-order valence-electron chi connectivity index (χ4n) is 1.89. The molecule has 1 aromatic heterocycles. The van der Waals surface area contributed by atoms with Crippen molar-refractivity contribution in [3.63, 3.8) is 0 Å². The van der Waals surface area contributed by atoms with Crippen LogP contribution in [0.1, 0.15) is 6.92 Å². The molecular formula is C14H19N3O2. The molecule has 19 heavy (non-hydrogen) atoms. The number of imidazole rings is 1. The minimum Gasteiger partial charge on any atom is -0.497 e. The van der Waals surface area contributed by atoms with Gasteiger partial charge in [-0.25, -0.2) is 4.98 Å². The summed E-state index contributed by atoms with van der Waals surface area (Å²) >= 11 is 0. The molecule has 0 fully saturated rings. The van der Waals surface area contributed by atoms with Gasteiger partial charge in [0.15, 0.2) is 0 Å². The molecule has 5 heteroatoms. The summed E-state index contributed by atoms with van der Waals surface area (Å²) in [6, 6.07) is 8.04. The molecule has 0 amide bonds. The lowest BCUT2D eigenvalue weighted by molar-refractivity contribution is 0.190. The Kier molecular flexibility index (Phi) is 4.41. The van der Waals surface area contributed by atoms with E-state index in [0.29, 0.717) is 6.61 Å². The van der Waals surface area contributed by atoms with Gasteiger partial charge in [0.1, 0.15) is 5.75 Å². The molecule has 1 atom stereocenters. The van der Waals surface area contributed by atoms with Gasteiger partial charge in [-0.15, -0.1) is 0 Å². The summed E-state index contributed by atoms with van der Waals surface area (Å²) in [6.45, 7) is 2.68. The zero-order chi connectivity index (χ0) is 13.7. The normalized spacial score (nSPS) is 12.2. The minimum absolute atomic E-state index is 0.191. The lowest BCUT2D eigenvalue weighted by atomic mass is 10.3. The van der Waals surface area contributed by atoms with Crippen molar-refractivity contribution in [2.75, 3.05) is 26.1 Å². The Balaban J connectivity index is 2.23. The number of nitrogens with zero attached hydrogens (tertiary/aromatic N) is 2. The summed E-state index contributed by atoms with van der Waals surface area (Å²) in [6.07, 6.45) is 3.68. The van der Waals surface area contributed by atoms with Gasteiger partial charge in [-0.2, -0.15) is 0 Å². The second-order valence-corrected chi connectivity index (χ2v) is 4.32. The van der Waals surface area contributed by atoms with Crippen LogP contribution in [0.25, 0.3) is 5.69 Å². The Morgan fingerprint density at radius 3 is 2.95 bits per heavy atom. The van der Waals surface area contributed by atoms with Crippen LogP contribution in [0.2, 0.25) is 0 Å². The number of anilines is 1. The van der Waals surface area contributed by atoms with Crippen LogP contribution < -0.4 is 10.1 Å². The van der Waals surface area contributed by atoms with Gasteiger partial charge < -0.3 is 14.8 Å². The smallest absolute Gasteiger partial charge is 0.207 e. The quantitative estimate of drug-likeness (QED) is 0.867. The minimum atomic E-state index is 0.191. The first-order chi connectivity index (χ1) is 9.24. The van der Waals surface area contributed by atoms with Crippen molar-refractivity contribution in [1.82, 2.24) is 9.55 Å². The fraction of sp³-hybridized carbons (Fsp3) is 0.357. The average molecular weight is 261 g/mol. The largest absolute Gasteiger partial charge is 0.497 e. The van der Waals surface area contributed by atoms with Crippen molar-refractivity contribution >= 4 is 5.95 Å². The van der Waals surface area contributed by atoms with Crippen LogP contribution in [0, 0.1) is 0 Å². The molecule has 0 spiro atoms. The molecule has 5 nitrogen and oxygen atoms in total. The maximum Gasteiger partial charge on any atom is 0.207 e. The van der Waals surface area contributed by atoms with Crippen LogP contribution in [0.5, 0.6) is 5.75 Å². The van der Waals surface area contributed by atoms with Crippen molar-refractivity contribution in [3.05, 3.63) is 36.7 Å². The third kappa shape index (κ3) is 3.26. The third-order valence-corrected chi connectivity index (χ3v) is 2.76. The standard InChI is InChI=1S/C14H19N3O2/c1-11(10-18-2)16-14-15-7-8-17(14)12-5-4-6-13(9-12)19-3/h4-9,11H,10H2,1-3H3,(H,15,16). The van der Waals surface area contributed by atoms with Crippen LogP contribution in [0.15, 0.2) is 36.7 Å². The maximum absolute atomic E-state index is 5.24. The first kappa shape index (κ1) is 13.4. The number of rotatable bonds is 6. The predicted molar refractivity (Wildman–Crippen MR) is 75.1 cm³/mol. The molecule has 1 aromatic carbocycles. The van der Waals surface area contributed by atoms with E-state index in [4.69, 9.17) is 9.47 Å². The lowest BCUT2D eigenvalue weighted by Crippen LogP contribution is -2.22. The second kappa shape index (κ2) is 6.24. The number of hydrogen-bond acceptors (Lipinski definition) is 4. The van der Waals surface area contributed by atoms with Crippen molar-refractivity contribution in [2.45, 2.75) is 13.0 Å². The number of benzene rings is 1. The highest BCUT2D eigenvalue weighted by Gasteiger charge is 2.08. The van der Waals surface area contributed by atoms with Crippen LogP contribution in [-0.4, -0.2) is 36.4 Å². The Morgan fingerprint density at radius 1 is 1.37 bits per heavy atom. The molecule has 0 radical (unpaired) electrons. The summed E-state index contributed by atoms with van der Waals surface area (Å²) in [5, 5.41) is 3.31. The maximum atomic E-state index is 5.24. The molecule has 0 aliphatic rings. The Labute approximate surface area is 113 Å². The van der Waals surface area contributed by atoms with Gasteiger partial charge in [-0.3, -0.25) is 4.57 Å². The third-order valence-electron chi connectivity index (χ3n) is 2.76. The Morgan fingerprint density at radius 2 is 2.21 bits per heavy atom. The van der Waals surface area contributed by atoms with Gasteiger partial charge >= 0.3 is 0 Å². The highest BCUT2D eigenvalue weighted by Crippen LogP contribution is 2.19. The Bertz CT molecular complexity index is 525. The molecule has 0 saturated carbocycles. The topological polar surface area (TPSA) is 48.3 Å². The number of ether oxygens (including phenoxy) is 2. The zero-order valence-electron chi connectivity index (χ0n) is 11.5. The van der Waals surface area contributed by atoms with Gasteiger partial charge in [0.2, 0.25) is 5.95 Å². The van der Waals surface area contributed by atoms with E-state index in [9.17, 15) is 0 Å². The van der Waals surface area contributed by atoms with E-state index in [0.717, 1.165) is 17.4 Å². The summed E-state index contributed by atoms with van der Waals surface area (Å²) in [5.41, 5.74) is 1.00. The van der Waals surface area contributed by atoms with E-state index in [1.54, 1.807) is 20.4 Å². The van der Waals surface area contributed by atoms with E-state index in [1.807, 2.05) is 42.0 Å². The lowest BCUT2D eigenvalue weighted by Gasteiger charge is -2.15. The van der Waals surface area contributed by atoms with Crippen molar-refractivity contribution < 1.29 is 9.47 Å². The van der Waals surface area contributed by atoms with E-state index < -0.39 is 0 Å². The molecule has 102 valence electrons. The molecule has 0 bridgehead atoms. The molecule has 1 heterocycles.